The molecule has 4 atom stereocenters. The molecule has 2 fully saturated rings. The van der Waals surface area contributed by atoms with Gasteiger partial charge >= 0.3 is 0 Å². The van der Waals surface area contributed by atoms with E-state index in [2.05, 4.69) is 31.1 Å². The van der Waals surface area contributed by atoms with Gasteiger partial charge in [-0.3, -0.25) is 4.90 Å². The Bertz CT molecular complexity index is 193. The summed E-state index contributed by atoms with van der Waals surface area (Å²) in [5.74, 6) is 1.86. The van der Waals surface area contributed by atoms with Crippen molar-refractivity contribution in [1.29, 1.82) is 0 Å². The minimum Gasteiger partial charge on any atom is -0.316 e. The van der Waals surface area contributed by atoms with E-state index in [1.807, 2.05) is 0 Å². The summed E-state index contributed by atoms with van der Waals surface area (Å²) in [6, 6.07) is 1.63. The standard InChI is InChI=1S/C13H26N2/c1-4-11-7-12(14-3)9-15(8-11)13-6-5-10(13)2/h10-14H,4-9H2,1-3H3. The lowest BCUT2D eigenvalue weighted by atomic mass is 9.78. The van der Waals surface area contributed by atoms with Crippen LogP contribution in [0.15, 0.2) is 0 Å². The quantitative estimate of drug-likeness (QED) is 0.767. The molecule has 1 saturated heterocycles. The molecule has 0 radical (unpaired) electrons. The first kappa shape index (κ1) is 11.4. The molecule has 0 aromatic rings. The van der Waals surface area contributed by atoms with Crippen molar-refractivity contribution in [3.05, 3.63) is 0 Å². The molecule has 1 aliphatic heterocycles. The summed E-state index contributed by atoms with van der Waals surface area (Å²) in [4.78, 5) is 2.76. The molecule has 1 aliphatic carbocycles. The number of nitrogens with zero attached hydrogens (tertiary/aromatic N) is 1. The van der Waals surface area contributed by atoms with Crippen molar-refractivity contribution in [2.24, 2.45) is 11.8 Å². The van der Waals surface area contributed by atoms with Crippen molar-refractivity contribution in [2.75, 3.05) is 20.1 Å². The Balaban J connectivity index is 1.92. The normalized spacial score (nSPS) is 42.6. The second kappa shape index (κ2) is 4.84. The van der Waals surface area contributed by atoms with Gasteiger partial charge in [-0.2, -0.15) is 0 Å². The van der Waals surface area contributed by atoms with E-state index in [0.29, 0.717) is 0 Å². The Labute approximate surface area is 94.4 Å². The lowest BCUT2D eigenvalue weighted by Gasteiger charge is -2.48. The number of likely N-dealkylation sites (N-methyl/N-ethyl adjacent to an activating group) is 1. The van der Waals surface area contributed by atoms with Crippen molar-refractivity contribution in [3.63, 3.8) is 0 Å². The highest BCUT2D eigenvalue weighted by Crippen LogP contribution is 2.34. The summed E-state index contributed by atoms with van der Waals surface area (Å²) in [5, 5.41) is 3.47. The zero-order valence-corrected chi connectivity index (χ0v) is 10.5. The molecule has 0 bridgehead atoms. The minimum absolute atomic E-state index is 0.733. The average molecular weight is 210 g/mol. The van der Waals surface area contributed by atoms with E-state index in [1.54, 1.807) is 0 Å². The first-order valence-corrected chi connectivity index (χ1v) is 6.65. The van der Waals surface area contributed by atoms with Gasteiger partial charge in [0.05, 0.1) is 0 Å². The van der Waals surface area contributed by atoms with E-state index in [-0.39, 0.29) is 0 Å². The second-order valence-corrected chi connectivity index (χ2v) is 5.57. The van der Waals surface area contributed by atoms with Crippen molar-refractivity contribution in [3.8, 4) is 0 Å². The van der Waals surface area contributed by atoms with Crippen LogP contribution in [-0.2, 0) is 0 Å². The van der Waals surface area contributed by atoms with Crippen LogP contribution in [0.5, 0.6) is 0 Å². The Kier molecular flexibility index (Phi) is 3.68. The predicted molar refractivity (Wildman–Crippen MR) is 65.0 cm³/mol. The minimum atomic E-state index is 0.733. The van der Waals surface area contributed by atoms with Crippen LogP contribution in [-0.4, -0.2) is 37.1 Å². The third-order valence-corrected chi connectivity index (χ3v) is 4.59. The van der Waals surface area contributed by atoms with E-state index in [1.165, 1.54) is 38.8 Å². The summed E-state index contributed by atoms with van der Waals surface area (Å²) in [7, 11) is 2.12. The maximum Gasteiger partial charge on any atom is 0.0195 e. The monoisotopic (exact) mass is 210 g/mol. The lowest BCUT2D eigenvalue weighted by Crippen LogP contribution is -2.56. The predicted octanol–water partition coefficient (Wildman–Crippen LogP) is 2.10. The van der Waals surface area contributed by atoms with Gasteiger partial charge in [0.1, 0.15) is 0 Å². The van der Waals surface area contributed by atoms with Crippen LogP contribution >= 0.6 is 0 Å². The molecule has 2 nitrogen and oxygen atoms in total. The highest BCUT2D eigenvalue weighted by atomic mass is 15.2. The van der Waals surface area contributed by atoms with Gasteiger partial charge in [-0.15, -0.1) is 0 Å². The molecule has 2 aliphatic rings. The van der Waals surface area contributed by atoms with Crippen LogP contribution in [0.3, 0.4) is 0 Å². The highest BCUT2D eigenvalue weighted by molar-refractivity contribution is 4.92. The van der Waals surface area contributed by atoms with Crippen LogP contribution in [0.2, 0.25) is 0 Å². The van der Waals surface area contributed by atoms with Gasteiger partial charge in [0.2, 0.25) is 0 Å². The summed E-state index contributed by atoms with van der Waals surface area (Å²) < 4.78 is 0. The molecular formula is C13H26N2. The zero-order chi connectivity index (χ0) is 10.8. The number of hydrogen-bond donors (Lipinski definition) is 1. The largest absolute Gasteiger partial charge is 0.316 e. The van der Waals surface area contributed by atoms with E-state index >= 15 is 0 Å². The molecule has 1 saturated carbocycles. The number of piperidine rings is 1. The molecule has 0 amide bonds. The Morgan fingerprint density at radius 3 is 2.53 bits per heavy atom. The smallest absolute Gasteiger partial charge is 0.0195 e. The van der Waals surface area contributed by atoms with Gasteiger partial charge in [0, 0.05) is 25.2 Å². The van der Waals surface area contributed by atoms with Crippen LogP contribution in [0, 0.1) is 11.8 Å². The number of rotatable bonds is 3. The van der Waals surface area contributed by atoms with Gasteiger partial charge < -0.3 is 5.32 Å². The van der Waals surface area contributed by atoms with Crippen molar-refractivity contribution in [2.45, 2.75) is 51.6 Å². The maximum atomic E-state index is 3.47. The Morgan fingerprint density at radius 1 is 1.27 bits per heavy atom. The summed E-state index contributed by atoms with van der Waals surface area (Å²) in [5.41, 5.74) is 0. The lowest BCUT2D eigenvalue weighted by molar-refractivity contribution is 0.0234. The molecule has 0 spiro atoms. The van der Waals surface area contributed by atoms with E-state index in [0.717, 1.165) is 23.9 Å². The molecule has 15 heavy (non-hydrogen) atoms. The summed E-state index contributed by atoms with van der Waals surface area (Å²) in [6.07, 6.45) is 5.61. The van der Waals surface area contributed by atoms with Gasteiger partial charge in [0.25, 0.3) is 0 Å². The molecule has 0 aromatic carbocycles. The third-order valence-electron chi connectivity index (χ3n) is 4.59. The SMILES string of the molecule is CCC1CC(NC)CN(C2CCC2C)C1. The summed E-state index contributed by atoms with van der Waals surface area (Å²) in [6.45, 7) is 7.38. The van der Waals surface area contributed by atoms with Crippen LogP contribution in [0.1, 0.15) is 39.5 Å². The van der Waals surface area contributed by atoms with Gasteiger partial charge in [-0.05, 0) is 38.1 Å². The fraction of sp³-hybridized carbons (Fsp3) is 1.00. The first-order chi connectivity index (χ1) is 7.24. The van der Waals surface area contributed by atoms with E-state index in [4.69, 9.17) is 0 Å². The average Bonchev–Trinajstić information content (AvgIpc) is 2.26. The number of likely N-dealkylation sites (tertiary alicyclic amines) is 1. The van der Waals surface area contributed by atoms with Gasteiger partial charge in [-0.1, -0.05) is 20.3 Å². The van der Waals surface area contributed by atoms with Crippen LogP contribution in [0.4, 0.5) is 0 Å². The fourth-order valence-electron chi connectivity index (χ4n) is 3.21. The molecule has 1 N–H and O–H groups in total. The van der Waals surface area contributed by atoms with Crippen molar-refractivity contribution >= 4 is 0 Å². The van der Waals surface area contributed by atoms with Crippen molar-refractivity contribution < 1.29 is 0 Å². The van der Waals surface area contributed by atoms with E-state index < -0.39 is 0 Å². The first-order valence-electron chi connectivity index (χ1n) is 6.65. The van der Waals surface area contributed by atoms with E-state index in [9.17, 15) is 0 Å². The number of hydrogen-bond acceptors (Lipinski definition) is 2. The topological polar surface area (TPSA) is 15.3 Å². The third kappa shape index (κ3) is 2.36. The van der Waals surface area contributed by atoms with Crippen LogP contribution < -0.4 is 5.32 Å². The van der Waals surface area contributed by atoms with Gasteiger partial charge in [0.15, 0.2) is 0 Å². The Morgan fingerprint density at radius 2 is 2.07 bits per heavy atom. The fourth-order valence-corrected chi connectivity index (χ4v) is 3.21. The molecule has 2 heteroatoms. The van der Waals surface area contributed by atoms with Gasteiger partial charge in [-0.25, -0.2) is 0 Å². The molecule has 4 unspecified atom stereocenters. The Hall–Kier alpha value is -0.0800. The zero-order valence-electron chi connectivity index (χ0n) is 10.5. The number of nitrogens with one attached hydrogen (secondary N) is 1. The van der Waals surface area contributed by atoms with Crippen LogP contribution in [0.25, 0.3) is 0 Å². The molecule has 1 heterocycles. The summed E-state index contributed by atoms with van der Waals surface area (Å²) >= 11 is 0. The molecule has 0 aromatic heterocycles. The van der Waals surface area contributed by atoms with Crippen molar-refractivity contribution in [1.82, 2.24) is 10.2 Å². The second-order valence-electron chi connectivity index (χ2n) is 5.57. The maximum absolute atomic E-state index is 3.47. The molecular weight excluding hydrogens is 184 g/mol. The molecule has 2 rings (SSSR count). The molecule has 88 valence electrons. The highest BCUT2D eigenvalue weighted by Gasteiger charge is 2.36.